The summed E-state index contributed by atoms with van der Waals surface area (Å²) in [5.74, 6) is 1.12. The summed E-state index contributed by atoms with van der Waals surface area (Å²) in [4.78, 5) is 11.2. The van der Waals surface area contributed by atoms with Crippen LogP contribution in [-0.4, -0.2) is 44.3 Å². The highest BCUT2D eigenvalue weighted by molar-refractivity contribution is 7.90. The van der Waals surface area contributed by atoms with Gasteiger partial charge < -0.3 is 10.2 Å². The van der Waals surface area contributed by atoms with Gasteiger partial charge in [0.05, 0.1) is 10.4 Å². The second-order valence-electron chi connectivity index (χ2n) is 7.59. The molecule has 0 aliphatic carbocycles. The van der Waals surface area contributed by atoms with Gasteiger partial charge in [0.1, 0.15) is 12.1 Å². The van der Waals surface area contributed by atoms with Gasteiger partial charge in [-0.25, -0.2) is 18.4 Å². The van der Waals surface area contributed by atoms with E-state index in [4.69, 9.17) is 11.6 Å². The van der Waals surface area contributed by atoms with E-state index in [2.05, 4.69) is 33.2 Å². The molecule has 0 saturated carbocycles. The van der Waals surface area contributed by atoms with E-state index in [9.17, 15) is 8.42 Å². The van der Waals surface area contributed by atoms with Crippen LogP contribution in [0.25, 0.3) is 10.9 Å². The number of hydrogen-bond donors (Lipinski definition) is 1. The molecular weight excluding hydrogens is 408 g/mol. The molecule has 1 atom stereocenters. The van der Waals surface area contributed by atoms with Crippen LogP contribution in [0.15, 0.2) is 47.6 Å². The van der Waals surface area contributed by atoms with Gasteiger partial charge in [-0.05, 0) is 55.2 Å². The Morgan fingerprint density at radius 1 is 1.21 bits per heavy atom. The van der Waals surface area contributed by atoms with Crippen LogP contribution < -0.4 is 10.2 Å². The van der Waals surface area contributed by atoms with E-state index in [1.165, 1.54) is 23.8 Å². The molecule has 29 heavy (non-hydrogen) atoms. The molecule has 1 N–H and O–H groups in total. The van der Waals surface area contributed by atoms with Gasteiger partial charge in [0, 0.05) is 42.0 Å². The third-order valence-corrected chi connectivity index (χ3v) is 6.74. The molecular formula is C21H23ClN4O2S. The highest BCUT2D eigenvalue weighted by Crippen LogP contribution is 2.30. The largest absolute Gasteiger partial charge is 0.371 e. The van der Waals surface area contributed by atoms with E-state index in [1.54, 1.807) is 18.2 Å². The van der Waals surface area contributed by atoms with Gasteiger partial charge >= 0.3 is 0 Å². The standard InChI is InChI=1S/C21H23ClN4O2S/c1-14-3-4-16(22)9-20(14)26-8-7-15(12-26)11-23-21-18-10-17(29(2,27)28)5-6-19(18)24-13-25-21/h3-6,9-10,13,15H,7-8,11-12H2,1-2H3,(H,23,24,25). The fraction of sp³-hybridized carbons (Fsp3) is 0.333. The molecule has 152 valence electrons. The first-order chi connectivity index (χ1) is 13.8. The molecule has 0 amide bonds. The number of anilines is 2. The summed E-state index contributed by atoms with van der Waals surface area (Å²) in [6.07, 6.45) is 3.77. The van der Waals surface area contributed by atoms with Crippen molar-refractivity contribution in [2.75, 3.05) is 36.1 Å². The first-order valence-electron chi connectivity index (χ1n) is 9.51. The van der Waals surface area contributed by atoms with Crippen LogP contribution in [0.2, 0.25) is 5.02 Å². The van der Waals surface area contributed by atoms with Crippen molar-refractivity contribution in [3.8, 4) is 0 Å². The van der Waals surface area contributed by atoms with Crippen molar-refractivity contribution in [2.24, 2.45) is 5.92 Å². The van der Waals surface area contributed by atoms with Gasteiger partial charge in [-0.1, -0.05) is 17.7 Å². The maximum absolute atomic E-state index is 11.9. The molecule has 0 radical (unpaired) electrons. The minimum absolute atomic E-state index is 0.270. The van der Waals surface area contributed by atoms with Crippen LogP contribution in [-0.2, 0) is 9.84 Å². The zero-order valence-electron chi connectivity index (χ0n) is 16.4. The van der Waals surface area contributed by atoms with Gasteiger partial charge in [-0.3, -0.25) is 0 Å². The zero-order valence-corrected chi connectivity index (χ0v) is 18.0. The number of rotatable bonds is 5. The Hall–Kier alpha value is -2.38. The van der Waals surface area contributed by atoms with Crippen LogP contribution in [0.4, 0.5) is 11.5 Å². The van der Waals surface area contributed by atoms with Crippen molar-refractivity contribution in [3.63, 3.8) is 0 Å². The number of hydrogen-bond acceptors (Lipinski definition) is 6. The number of nitrogens with zero attached hydrogens (tertiary/aromatic N) is 3. The number of aryl methyl sites for hydroxylation is 1. The lowest BCUT2D eigenvalue weighted by atomic mass is 10.1. The summed E-state index contributed by atoms with van der Waals surface area (Å²) in [5, 5.41) is 4.88. The molecule has 1 fully saturated rings. The lowest BCUT2D eigenvalue weighted by Gasteiger charge is -2.21. The van der Waals surface area contributed by atoms with E-state index in [0.717, 1.165) is 42.0 Å². The first kappa shape index (κ1) is 19.9. The van der Waals surface area contributed by atoms with Crippen molar-refractivity contribution in [3.05, 3.63) is 53.3 Å². The van der Waals surface area contributed by atoms with Gasteiger partial charge in [0.25, 0.3) is 0 Å². The topological polar surface area (TPSA) is 75.2 Å². The predicted octanol–water partition coefficient (Wildman–Crippen LogP) is 3.93. The number of aromatic nitrogens is 2. The highest BCUT2D eigenvalue weighted by Gasteiger charge is 2.24. The van der Waals surface area contributed by atoms with Gasteiger partial charge in [-0.2, -0.15) is 0 Å². The van der Waals surface area contributed by atoms with E-state index in [-0.39, 0.29) is 4.90 Å². The molecule has 2 aromatic carbocycles. The van der Waals surface area contributed by atoms with E-state index in [0.29, 0.717) is 11.7 Å². The molecule has 6 nitrogen and oxygen atoms in total. The molecule has 4 rings (SSSR count). The van der Waals surface area contributed by atoms with Crippen LogP contribution in [0, 0.1) is 12.8 Å². The van der Waals surface area contributed by atoms with Gasteiger partial charge in [-0.15, -0.1) is 0 Å². The minimum atomic E-state index is -3.29. The summed E-state index contributed by atoms with van der Waals surface area (Å²) < 4.78 is 23.8. The highest BCUT2D eigenvalue weighted by atomic mass is 35.5. The Morgan fingerprint density at radius 3 is 2.83 bits per heavy atom. The number of fused-ring (bicyclic) bond motifs is 1. The average molecular weight is 431 g/mol. The molecule has 1 aliphatic rings. The molecule has 1 unspecified atom stereocenters. The fourth-order valence-electron chi connectivity index (χ4n) is 3.79. The smallest absolute Gasteiger partial charge is 0.175 e. The van der Waals surface area contributed by atoms with Crippen molar-refractivity contribution >= 4 is 43.8 Å². The average Bonchev–Trinajstić information content (AvgIpc) is 3.16. The van der Waals surface area contributed by atoms with Crippen molar-refractivity contribution in [2.45, 2.75) is 18.2 Å². The molecule has 0 bridgehead atoms. The SMILES string of the molecule is Cc1ccc(Cl)cc1N1CCC(CNc2ncnc3ccc(S(C)(=O)=O)cc23)C1. The molecule has 1 saturated heterocycles. The third kappa shape index (κ3) is 4.31. The Morgan fingerprint density at radius 2 is 2.03 bits per heavy atom. The summed E-state index contributed by atoms with van der Waals surface area (Å²) in [6.45, 7) is 4.77. The maximum Gasteiger partial charge on any atom is 0.175 e. The van der Waals surface area contributed by atoms with Gasteiger partial charge in [0.15, 0.2) is 9.84 Å². The monoisotopic (exact) mass is 430 g/mol. The van der Waals surface area contributed by atoms with E-state index in [1.807, 2.05) is 12.1 Å². The summed E-state index contributed by atoms with van der Waals surface area (Å²) >= 11 is 6.18. The minimum Gasteiger partial charge on any atom is -0.371 e. The van der Waals surface area contributed by atoms with Crippen molar-refractivity contribution in [1.29, 1.82) is 0 Å². The normalized spacial score (nSPS) is 17.1. The van der Waals surface area contributed by atoms with Crippen molar-refractivity contribution in [1.82, 2.24) is 9.97 Å². The zero-order chi connectivity index (χ0) is 20.6. The number of sulfone groups is 1. The quantitative estimate of drug-likeness (QED) is 0.660. The number of halogens is 1. The third-order valence-electron chi connectivity index (χ3n) is 5.39. The Labute approximate surface area is 175 Å². The predicted molar refractivity (Wildman–Crippen MR) is 118 cm³/mol. The molecule has 2 heterocycles. The van der Waals surface area contributed by atoms with Crippen LogP contribution in [0.1, 0.15) is 12.0 Å². The van der Waals surface area contributed by atoms with Crippen molar-refractivity contribution < 1.29 is 8.42 Å². The number of benzene rings is 2. The van der Waals surface area contributed by atoms with Crippen LogP contribution in [0.5, 0.6) is 0 Å². The first-order valence-corrected chi connectivity index (χ1v) is 11.8. The summed E-state index contributed by atoms with van der Waals surface area (Å²) in [7, 11) is -3.29. The Kier molecular flexibility index (Phi) is 5.36. The van der Waals surface area contributed by atoms with E-state index < -0.39 is 9.84 Å². The van der Waals surface area contributed by atoms with Crippen LogP contribution >= 0.6 is 11.6 Å². The molecule has 1 aromatic heterocycles. The Bertz CT molecular complexity index is 1170. The molecule has 3 aromatic rings. The summed E-state index contributed by atoms with van der Waals surface area (Å²) in [5.41, 5.74) is 3.13. The Balaban J connectivity index is 1.50. The van der Waals surface area contributed by atoms with Crippen LogP contribution in [0.3, 0.4) is 0 Å². The summed E-state index contributed by atoms with van der Waals surface area (Å²) in [6, 6.07) is 10.9. The second-order valence-corrected chi connectivity index (χ2v) is 10.0. The molecule has 0 spiro atoms. The lowest BCUT2D eigenvalue weighted by Crippen LogP contribution is -2.23. The lowest BCUT2D eigenvalue weighted by molar-refractivity contribution is 0.602. The van der Waals surface area contributed by atoms with E-state index >= 15 is 0 Å². The van der Waals surface area contributed by atoms with Gasteiger partial charge in [0.2, 0.25) is 0 Å². The molecule has 1 aliphatic heterocycles. The number of nitrogens with one attached hydrogen (secondary N) is 1. The maximum atomic E-state index is 11.9. The second kappa shape index (κ2) is 7.80. The molecule has 8 heteroatoms. The fourth-order valence-corrected chi connectivity index (χ4v) is 4.60.